The summed E-state index contributed by atoms with van der Waals surface area (Å²) in [5, 5.41) is 4.58. The highest BCUT2D eigenvalue weighted by molar-refractivity contribution is 7.10. The van der Waals surface area contributed by atoms with Crippen LogP contribution in [0, 0.1) is 17.6 Å². The van der Waals surface area contributed by atoms with E-state index in [1.807, 2.05) is 17.5 Å². The van der Waals surface area contributed by atoms with Crippen LogP contribution in [0.1, 0.15) is 17.8 Å². The molecule has 0 fully saturated rings. The number of rotatable bonds is 3. The lowest BCUT2D eigenvalue weighted by Crippen LogP contribution is -2.09. The molecule has 2 rings (SSSR count). The largest absolute Gasteiger partial charge is 0.360 e. The highest BCUT2D eigenvalue weighted by atomic mass is 32.1. The van der Waals surface area contributed by atoms with E-state index in [1.165, 1.54) is 11.3 Å². The Bertz CT molecular complexity index is 514. The molecule has 0 aromatic carbocycles. The molecule has 2 aromatic rings. The van der Waals surface area contributed by atoms with E-state index in [0.29, 0.717) is 6.07 Å². The van der Waals surface area contributed by atoms with Gasteiger partial charge in [0.15, 0.2) is 17.5 Å². The molecule has 0 spiro atoms. The van der Waals surface area contributed by atoms with Crippen LogP contribution in [-0.4, -0.2) is 4.98 Å². The molecule has 2 aromatic heterocycles. The molecule has 0 radical (unpaired) electrons. The van der Waals surface area contributed by atoms with Gasteiger partial charge in [-0.2, -0.15) is 9.37 Å². The van der Waals surface area contributed by atoms with Gasteiger partial charge in [0.1, 0.15) is 0 Å². The Morgan fingerprint density at radius 2 is 2.06 bits per heavy atom. The molecule has 2 nitrogen and oxygen atoms in total. The quantitative estimate of drug-likeness (QED) is 0.848. The second-order valence-corrected chi connectivity index (χ2v) is 4.45. The summed E-state index contributed by atoms with van der Waals surface area (Å²) in [4.78, 5) is 4.15. The highest BCUT2D eigenvalue weighted by Gasteiger charge is 2.14. The molecule has 0 aliphatic carbocycles. The van der Waals surface area contributed by atoms with Crippen LogP contribution in [0.4, 0.5) is 19.0 Å². The van der Waals surface area contributed by atoms with Gasteiger partial charge >= 0.3 is 0 Å². The van der Waals surface area contributed by atoms with Crippen LogP contribution in [0.25, 0.3) is 0 Å². The van der Waals surface area contributed by atoms with Crippen molar-refractivity contribution in [1.29, 1.82) is 0 Å². The van der Waals surface area contributed by atoms with Crippen molar-refractivity contribution in [2.24, 2.45) is 0 Å². The third-order valence-corrected chi connectivity index (χ3v) is 3.26. The Morgan fingerprint density at radius 3 is 2.71 bits per heavy atom. The first-order valence-corrected chi connectivity index (χ1v) is 5.77. The molecule has 0 aliphatic heterocycles. The SMILES string of the molecule is CC(Nc1nc(F)c(F)cc1F)c1cccs1. The number of hydrogen-bond acceptors (Lipinski definition) is 3. The second-order valence-electron chi connectivity index (χ2n) is 3.47. The Morgan fingerprint density at radius 1 is 1.29 bits per heavy atom. The van der Waals surface area contributed by atoms with Crippen LogP contribution in [0.5, 0.6) is 0 Å². The van der Waals surface area contributed by atoms with Gasteiger partial charge in [0.2, 0.25) is 0 Å². The summed E-state index contributed by atoms with van der Waals surface area (Å²) in [5.41, 5.74) is 0. The molecular weight excluding hydrogens is 249 g/mol. The molecule has 0 saturated heterocycles. The molecule has 1 atom stereocenters. The smallest absolute Gasteiger partial charge is 0.251 e. The fourth-order valence-electron chi connectivity index (χ4n) is 1.36. The van der Waals surface area contributed by atoms with E-state index < -0.39 is 17.6 Å². The lowest BCUT2D eigenvalue weighted by atomic mass is 10.2. The van der Waals surface area contributed by atoms with Gasteiger partial charge in [-0.15, -0.1) is 11.3 Å². The van der Waals surface area contributed by atoms with Crippen LogP contribution >= 0.6 is 11.3 Å². The summed E-state index contributed by atoms with van der Waals surface area (Å²) in [6.45, 7) is 1.79. The average molecular weight is 258 g/mol. The lowest BCUT2D eigenvalue weighted by Gasteiger charge is -2.13. The zero-order valence-corrected chi connectivity index (χ0v) is 9.69. The minimum Gasteiger partial charge on any atom is -0.360 e. The van der Waals surface area contributed by atoms with Crippen LogP contribution in [-0.2, 0) is 0 Å². The Labute approximate surface area is 100 Å². The van der Waals surface area contributed by atoms with E-state index in [-0.39, 0.29) is 11.9 Å². The molecule has 2 heterocycles. The van der Waals surface area contributed by atoms with Crippen molar-refractivity contribution >= 4 is 17.2 Å². The topological polar surface area (TPSA) is 24.9 Å². The highest BCUT2D eigenvalue weighted by Crippen LogP contribution is 2.24. The molecule has 90 valence electrons. The fourth-order valence-corrected chi connectivity index (χ4v) is 2.09. The first-order valence-electron chi connectivity index (χ1n) is 4.89. The summed E-state index contributed by atoms with van der Waals surface area (Å²) >= 11 is 1.48. The van der Waals surface area contributed by atoms with Crippen molar-refractivity contribution < 1.29 is 13.2 Å². The third kappa shape index (κ3) is 2.58. The molecule has 17 heavy (non-hydrogen) atoms. The zero-order valence-electron chi connectivity index (χ0n) is 8.88. The van der Waals surface area contributed by atoms with Crippen molar-refractivity contribution in [1.82, 2.24) is 4.98 Å². The zero-order chi connectivity index (χ0) is 12.4. The molecule has 0 amide bonds. The average Bonchev–Trinajstić information content (AvgIpc) is 2.79. The van der Waals surface area contributed by atoms with Gasteiger partial charge in [-0.25, -0.2) is 8.78 Å². The van der Waals surface area contributed by atoms with Gasteiger partial charge in [-0.1, -0.05) is 6.07 Å². The van der Waals surface area contributed by atoms with E-state index in [0.717, 1.165) is 4.88 Å². The number of aromatic nitrogens is 1. The molecule has 1 N–H and O–H groups in total. The maximum absolute atomic E-state index is 13.3. The normalized spacial score (nSPS) is 12.5. The van der Waals surface area contributed by atoms with Gasteiger partial charge in [0.05, 0.1) is 6.04 Å². The number of anilines is 1. The van der Waals surface area contributed by atoms with Crippen molar-refractivity contribution in [3.8, 4) is 0 Å². The van der Waals surface area contributed by atoms with Crippen LogP contribution in [0.15, 0.2) is 23.6 Å². The minimum absolute atomic E-state index is 0.220. The van der Waals surface area contributed by atoms with Gasteiger partial charge < -0.3 is 5.32 Å². The van der Waals surface area contributed by atoms with E-state index in [9.17, 15) is 13.2 Å². The number of pyridine rings is 1. The Kier molecular flexibility index (Phi) is 3.33. The summed E-state index contributed by atoms with van der Waals surface area (Å²) in [5.74, 6) is -3.80. The third-order valence-electron chi connectivity index (χ3n) is 2.21. The van der Waals surface area contributed by atoms with E-state index >= 15 is 0 Å². The van der Waals surface area contributed by atoms with Crippen molar-refractivity contribution in [2.75, 3.05) is 5.32 Å². The van der Waals surface area contributed by atoms with Crippen molar-refractivity contribution in [3.63, 3.8) is 0 Å². The molecule has 0 bridgehead atoms. The molecule has 0 saturated carbocycles. The Balaban J connectivity index is 2.22. The molecule has 6 heteroatoms. The monoisotopic (exact) mass is 258 g/mol. The predicted octanol–water partition coefficient (Wildman–Crippen LogP) is 3.73. The van der Waals surface area contributed by atoms with E-state index in [2.05, 4.69) is 10.3 Å². The number of hydrogen-bond donors (Lipinski definition) is 1. The van der Waals surface area contributed by atoms with Gasteiger partial charge in [0, 0.05) is 10.9 Å². The van der Waals surface area contributed by atoms with Crippen molar-refractivity contribution in [3.05, 3.63) is 46.0 Å². The number of thiophene rings is 1. The molecular formula is C11H9F3N2S. The van der Waals surface area contributed by atoms with Crippen molar-refractivity contribution in [2.45, 2.75) is 13.0 Å². The summed E-state index contributed by atoms with van der Waals surface area (Å²) < 4.78 is 38.8. The van der Waals surface area contributed by atoms with Gasteiger partial charge in [-0.05, 0) is 18.4 Å². The summed E-state index contributed by atoms with van der Waals surface area (Å²) in [6, 6.07) is 3.97. The first-order chi connectivity index (χ1) is 8.08. The lowest BCUT2D eigenvalue weighted by molar-refractivity contribution is 0.466. The standard InChI is InChI=1S/C11H9F3N2S/c1-6(9-3-2-4-17-9)15-11-8(13)5-7(12)10(14)16-11/h2-6H,1H3,(H,15,16). The Hall–Kier alpha value is -1.56. The number of halogens is 3. The number of nitrogens with zero attached hydrogens (tertiary/aromatic N) is 1. The fraction of sp³-hybridized carbons (Fsp3) is 0.182. The maximum Gasteiger partial charge on any atom is 0.251 e. The van der Waals surface area contributed by atoms with Crippen LogP contribution < -0.4 is 5.32 Å². The molecule has 1 unspecified atom stereocenters. The number of nitrogens with one attached hydrogen (secondary N) is 1. The van der Waals surface area contributed by atoms with Gasteiger partial charge in [0.25, 0.3) is 5.95 Å². The molecule has 0 aliphatic rings. The first kappa shape index (κ1) is 11.9. The van der Waals surface area contributed by atoms with E-state index in [4.69, 9.17) is 0 Å². The predicted molar refractivity (Wildman–Crippen MR) is 60.5 cm³/mol. The summed E-state index contributed by atoms with van der Waals surface area (Å²) in [6.07, 6.45) is 0. The van der Waals surface area contributed by atoms with E-state index in [1.54, 1.807) is 6.92 Å². The van der Waals surface area contributed by atoms with Crippen LogP contribution in [0.2, 0.25) is 0 Å². The summed E-state index contributed by atoms with van der Waals surface area (Å²) in [7, 11) is 0. The minimum atomic E-state index is -1.31. The van der Waals surface area contributed by atoms with Crippen LogP contribution in [0.3, 0.4) is 0 Å². The second kappa shape index (κ2) is 4.75. The maximum atomic E-state index is 13.3. The van der Waals surface area contributed by atoms with Gasteiger partial charge in [-0.3, -0.25) is 0 Å².